The van der Waals surface area contributed by atoms with Gasteiger partial charge in [0.25, 0.3) is 0 Å². The van der Waals surface area contributed by atoms with Crippen molar-refractivity contribution in [3.8, 4) is 0 Å². The smallest absolute Gasteiger partial charge is 0.349 e. The van der Waals surface area contributed by atoms with Crippen LogP contribution in [0.2, 0.25) is 0 Å². The summed E-state index contributed by atoms with van der Waals surface area (Å²) in [6.07, 6.45) is -12.5. The number of hydrogen-bond donors (Lipinski definition) is 2. The third-order valence-corrected chi connectivity index (χ3v) is 5.82. The number of ether oxygens (including phenoxy) is 2. The molecule has 1 fully saturated rings. The molecule has 0 bridgehead atoms. The molecular formula is C23H21F7N4O3. The first kappa shape index (κ1) is 26.8. The Morgan fingerprint density at radius 1 is 1.11 bits per heavy atom. The quantitative estimate of drug-likeness (QED) is 0.438. The lowest BCUT2D eigenvalue weighted by atomic mass is 10.0. The van der Waals surface area contributed by atoms with Crippen LogP contribution in [-0.4, -0.2) is 39.5 Å². The standard InChI is InChI=1S/C23H21F7N4O3/c1-12(14-7-15(22(25,26)27)10-16(8-14)23(28,29)30)37-20-19(13-3-2-4-17(24)9-13)34(5-6-36-20)11-18-31-21(35)33-32-18/h2-4,7-10,12,19-20H,5-6,11H2,1H3,(H2,31,32,33,35)/t12-,19?,20?/m1/s1. The maximum atomic E-state index is 14.1. The van der Waals surface area contributed by atoms with Gasteiger partial charge in [0.05, 0.1) is 36.4 Å². The molecule has 3 atom stereocenters. The van der Waals surface area contributed by atoms with Crippen LogP contribution in [0, 0.1) is 5.82 Å². The average molecular weight is 534 g/mol. The zero-order valence-electron chi connectivity index (χ0n) is 19.2. The Balaban J connectivity index is 1.67. The van der Waals surface area contributed by atoms with Gasteiger partial charge < -0.3 is 9.47 Å². The molecule has 0 amide bonds. The lowest BCUT2D eigenvalue weighted by Gasteiger charge is -2.41. The molecule has 1 aliphatic rings. The van der Waals surface area contributed by atoms with Gasteiger partial charge in [-0.1, -0.05) is 12.1 Å². The molecule has 3 aromatic rings. The Labute approximate surface area is 205 Å². The van der Waals surface area contributed by atoms with Crippen molar-refractivity contribution in [3.63, 3.8) is 0 Å². The maximum absolute atomic E-state index is 14.1. The fraction of sp³-hybridized carbons (Fsp3) is 0.391. The molecule has 37 heavy (non-hydrogen) atoms. The van der Waals surface area contributed by atoms with Gasteiger partial charge in [0.15, 0.2) is 6.29 Å². The van der Waals surface area contributed by atoms with Crippen LogP contribution >= 0.6 is 0 Å². The molecule has 7 nitrogen and oxygen atoms in total. The normalized spacial score (nSPS) is 20.2. The number of nitrogens with one attached hydrogen (secondary N) is 2. The van der Waals surface area contributed by atoms with Gasteiger partial charge in [-0.05, 0) is 48.4 Å². The molecule has 200 valence electrons. The number of hydrogen-bond acceptors (Lipinski definition) is 5. The van der Waals surface area contributed by atoms with Crippen LogP contribution < -0.4 is 5.69 Å². The van der Waals surface area contributed by atoms with Gasteiger partial charge in [0, 0.05) is 6.54 Å². The zero-order chi connectivity index (χ0) is 27.0. The van der Waals surface area contributed by atoms with E-state index in [1.807, 2.05) is 0 Å². The minimum atomic E-state index is -5.02. The molecule has 2 aromatic carbocycles. The summed E-state index contributed by atoms with van der Waals surface area (Å²) in [6, 6.07) is 5.83. The Hall–Kier alpha value is -3.23. The molecule has 0 spiro atoms. The molecule has 0 aliphatic carbocycles. The molecular weight excluding hydrogens is 513 g/mol. The maximum Gasteiger partial charge on any atom is 0.416 e. The number of nitrogens with zero attached hydrogens (tertiary/aromatic N) is 2. The summed E-state index contributed by atoms with van der Waals surface area (Å²) < 4.78 is 106. The van der Waals surface area contributed by atoms with E-state index >= 15 is 0 Å². The minimum Gasteiger partial charge on any atom is -0.349 e. The van der Waals surface area contributed by atoms with E-state index in [0.29, 0.717) is 17.7 Å². The monoisotopic (exact) mass is 534 g/mol. The Morgan fingerprint density at radius 3 is 2.35 bits per heavy atom. The molecule has 1 aromatic heterocycles. The Morgan fingerprint density at radius 2 is 1.78 bits per heavy atom. The van der Waals surface area contributed by atoms with Crippen molar-refractivity contribution in [2.45, 2.75) is 44.3 Å². The largest absolute Gasteiger partial charge is 0.416 e. The van der Waals surface area contributed by atoms with Crippen LogP contribution in [0.5, 0.6) is 0 Å². The first-order chi connectivity index (χ1) is 17.3. The van der Waals surface area contributed by atoms with Crippen LogP contribution in [0.3, 0.4) is 0 Å². The summed E-state index contributed by atoms with van der Waals surface area (Å²) >= 11 is 0. The predicted octanol–water partition coefficient (Wildman–Crippen LogP) is 4.95. The number of H-pyrrole nitrogens is 2. The number of rotatable bonds is 6. The van der Waals surface area contributed by atoms with Crippen molar-refractivity contribution >= 4 is 0 Å². The first-order valence-electron chi connectivity index (χ1n) is 11.0. The van der Waals surface area contributed by atoms with Crippen molar-refractivity contribution in [3.05, 3.63) is 86.8 Å². The zero-order valence-corrected chi connectivity index (χ0v) is 19.2. The van der Waals surface area contributed by atoms with Crippen molar-refractivity contribution in [2.24, 2.45) is 0 Å². The number of aromatic amines is 2. The van der Waals surface area contributed by atoms with E-state index in [1.54, 1.807) is 11.0 Å². The van der Waals surface area contributed by atoms with Crippen LogP contribution in [0.4, 0.5) is 30.7 Å². The summed E-state index contributed by atoms with van der Waals surface area (Å²) in [5, 5.41) is 6.08. The third-order valence-electron chi connectivity index (χ3n) is 5.82. The second-order valence-corrected chi connectivity index (χ2v) is 8.45. The minimum absolute atomic E-state index is 0.0370. The van der Waals surface area contributed by atoms with Crippen molar-refractivity contribution in [2.75, 3.05) is 13.2 Å². The topological polar surface area (TPSA) is 83.2 Å². The highest BCUT2D eigenvalue weighted by molar-refractivity contribution is 5.34. The molecule has 2 unspecified atom stereocenters. The van der Waals surface area contributed by atoms with E-state index in [-0.39, 0.29) is 37.2 Å². The molecule has 2 N–H and O–H groups in total. The summed E-state index contributed by atoms with van der Waals surface area (Å²) in [4.78, 5) is 15.7. The van der Waals surface area contributed by atoms with Gasteiger partial charge in [0.2, 0.25) is 0 Å². The summed E-state index contributed by atoms with van der Waals surface area (Å²) in [5.41, 5.74) is -3.46. The van der Waals surface area contributed by atoms with Crippen molar-refractivity contribution < 1.29 is 40.2 Å². The van der Waals surface area contributed by atoms with Gasteiger partial charge in [-0.2, -0.15) is 31.4 Å². The van der Waals surface area contributed by atoms with Gasteiger partial charge in [0.1, 0.15) is 11.6 Å². The van der Waals surface area contributed by atoms with E-state index in [1.165, 1.54) is 25.1 Å². The van der Waals surface area contributed by atoms with Gasteiger partial charge in [-0.3, -0.25) is 9.88 Å². The summed E-state index contributed by atoms with van der Waals surface area (Å²) in [7, 11) is 0. The van der Waals surface area contributed by atoms with Crippen molar-refractivity contribution in [1.29, 1.82) is 0 Å². The number of alkyl halides is 6. The second kappa shape index (κ2) is 10.3. The first-order valence-corrected chi connectivity index (χ1v) is 11.0. The lowest BCUT2D eigenvalue weighted by Crippen LogP contribution is -2.46. The Kier molecular flexibility index (Phi) is 7.44. The second-order valence-electron chi connectivity index (χ2n) is 8.45. The van der Waals surface area contributed by atoms with E-state index in [9.17, 15) is 35.5 Å². The average Bonchev–Trinajstić information content (AvgIpc) is 3.22. The lowest BCUT2D eigenvalue weighted by molar-refractivity contribution is -0.231. The fourth-order valence-electron chi connectivity index (χ4n) is 4.10. The van der Waals surface area contributed by atoms with Crippen LogP contribution in [0.25, 0.3) is 0 Å². The Bertz CT molecular complexity index is 1260. The molecule has 4 rings (SSSR count). The molecule has 1 saturated heterocycles. The molecule has 2 heterocycles. The van der Waals surface area contributed by atoms with Crippen LogP contribution in [-0.2, 0) is 28.4 Å². The number of aromatic nitrogens is 3. The number of morpholine rings is 1. The molecule has 0 radical (unpaired) electrons. The van der Waals surface area contributed by atoms with E-state index < -0.39 is 53.4 Å². The van der Waals surface area contributed by atoms with E-state index in [2.05, 4.69) is 15.2 Å². The third kappa shape index (κ3) is 6.37. The molecule has 0 saturated carbocycles. The number of benzene rings is 2. The highest BCUT2D eigenvalue weighted by atomic mass is 19.4. The van der Waals surface area contributed by atoms with Gasteiger partial charge >= 0.3 is 18.0 Å². The fourth-order valence-corrected chi connectivity index (χ4v) is 4.10. The van der Waals surface area contributed by atoms with Crippen LogP contribution in [0.15, 0.2) is 47.3 Å². The van der Waals surface area contributed by atoms with E-state index in [0.717, 1.165) is 0 Å². The highest BCUT2D eigenvalue weighted by Crippen LogP contribution is 2.39. The predicted molar refractivity (Wildman–Crippen MR) is 114 cm³/mol. The highest BCUT2D eigenvalue weighted by Gasteiger charge is 2.39. The summed E-state index contributed by atoms with van der Waals surface area (Å²) in [6.45, 7) is 1.73. The SMILES string of the molecule is C[C@@H](OC1OCCN(Cc2n[nH]c(=O)[nH]2)C1c1cccc(F)c1)c1cc(C(F)(F)F)cc(C(F)(F)F)c1. The van der Waals surface area contributed by atoms with E-state index in [4.69, 9.17) is 9.47 Å². The summed E-state index contributed by atoms with van der Waals surface area (Å²) in [5.74, 6) is -0.316. The molecule has 14 heteroatoms. The van der Waals surface area contributed by atoms with Crippen molar-refractivity contribution in [1.82, 2.24) is 20.1 Å². The van der Waals surface area contributed by atoms with Gasteiger partial charge in [-0.25, -0.2) is 14.3 Å². The van der Waals surface area contributed by atoms with Crippen LogP contribution in [0.1, 0.15) is 47.1 Å². The van der Waals surface area contributed by atoms with Gasteiger partial charge in [-0.15, -0.1) is 0 Å². The number of halogens is 7. The molecule has 1 aliphatic heterocycles.